The molecule has 0 aliphatic rings. The van der Waals surface area contributed by atoms with Crippen LogP contribution in [-0.2, 0) is 0 Å². The highest BCUT2D eigenvalue weighted by molar-refractivity contribution is 7.17. The number of carboxylic acids is 1. The number of rotatable bonds is 4. The van der Waals surface area contributed by atoms with E-state index in [-0.39, 0.29) is 5.92 Å². The SMILES string of the molecule is COc1cc(C)ccc1-c1nc(C(C)C)c(C(=O)O)s1. The summed E-state index contributed by atoms with van der Waals surface area (Å²) in [5.41, 5.74) is 2.54. The monoisotopic (exact) mass is 291 g/mol. The molecule has 1 N–H and O–H groups in total. The minimum Gasteiger partial charge on any atom is -0.496 e. The van der Waals surface area contributed by atoms with E-state index in [4.69, 9.17) is 4.74 Å². The molecule has 1 heterocycles. The standard InChI is InChI=1S/C15H17NO3S/c1-8(2)12-13(15(17)18)20-14(16-12)10-6-5-9(3)7-11(10)19-4/h5-8H,1-4H3,(H,17,18). The quantitative estimate of drug-likeness (QED) is 0.926. The van der Waals surface area contributed by atoms with Crippen molar-refractivity contribution in [3.63, 3.8) is 0 Å². The van der Waals surface area contributed by atoms with Crippen molar-refractivity contribution < 1.29 is 14.6 Å². The zero-order chi connectivity index (χ0) is 14.9. The molecule has 4 nitrogen and oxygen atoms in total. The molecule has 0 unspecified atom stereocenters. The average molecular weight is 291 g/mol. The Morgan fingerprint density at radius 1 is 1.40 bits per heavy atom. The van der Waals surface area contributed by atoms with Crippen molar-refractivity contribution in [2.45, 2.75) is 26.7 Å². The van der Waals surface area contributed by atoms with Crippen LogP contribution in [0.15, 0.2) is 18.2 Å². The van der Waals surface area contributed by atoms with Crippen LogP contribution >= 0.6 is 11.3 Å². The fourth-order valence-corrected chi connectivity index (χ4v) is 3.06. The first kappa shape index (κ1) is 14.5. The zero-order valence-electron chi connectivity index (χ0n) is 11.9. The summed E-state index contributed by atoms with van der Waals surface area (Å²) in [4.78, 5) is 16.1. The summed E-state index contributed by atoms with van der Waals surface area (Å²) in [6.45, 7) is 5.87. The van der Waals surface area contributed by atoms with Crippen LogP contribution < -0.4 is 4.74 Å². The molecule has 0 bridgehead atoms. The van der Waals surface area contributed by atoms with E-state index in [1.54, 1.807) is 7.11 Å². The maximum Gasteiger partial charge on any atom is 0.347 e. The molecule has 2 rings (SSSR count). The van der Waals surface area contributed by atoms with E-state index in [0.717, 1.165) is 11.1 Å². The van der Waals surface area contributed by atoms with Gasteiger partial charge in [-0.25, -0.2) is 9.78 Å². The molecule has 0 atom stereocenters. The highest BCUT2D eigenvalue weighted by Gasteiger charge is 2.21. The number of hydrogen-bond acceptors (Lipinski definition) is 4. The molecule has 5 heteroatoms. The van der Waals surface area contributed by atoms with E-state index in [0.29, 0.717) is 21.3 Å². The third kappa shape index (κ3) is 2.67. The first-order chi connectivity index (χ1) is 9.43. The molecule has 0 aliphatic heterocycles. The predicted molar refractivity (Wildman–Crippen MR) is 79.9 cm³/mol. The Balaban J connectivity index is 2.59. The maximum absolute atomic E-state index is 11.3. The number of aryl methyl sites for hydroxylation is 1. The Bertz CT molecular complexity index is 647. The topological polar surface area (TPSA) is 59.4 Å². The van der Waals surface area contributed by atoms with Gasteiger partial charge in [0, 0.05) is 0 Å². The number of thiazole rings is 1. The number of carboxylic acid groups (broad SMARTS) is 1. The first-order valence-corrected chi connectivity index (χ1v) is 7.14. The minimum absolute atomic E-state index is 0.0718. The van der Waals surface area contributed by atoms with Crippen LogP contribution in [0.3, 0.4) is 0 Å². The number of aromatic nitrogens is 1. The van der Waals surface area contributed by atoms with Crippen molar-refractivity contribution in [1.82, 2.24) is 4.98 Å². The summed E-state index contributed by atoms with van der Waals surface area (Å²) >= 11 is 1.19. The van der Waals surface area contributed by atoms with Gasteiger partial charge in [0.05, 0.1) is 18.4 Å². The van der Waals surface area contributed by atoms with E-state index in [9.17, 15) is 9.90 Å². The smallest absolute Gasteiger partial charge is 0.347 e. The van der Waals surface area contributed by atoms with Gasteiger partial charge in [-0.1, -0.05) is 19.9 Å². The van der Waals surface area contributed by atoms with E-state index in [1.807, 2.05) is 39.0 Å². The molecular weight excluding hydrogens is 274 g/mol. The molecule has 0 fully saturated rings. The minimum atomic E-state index is -0.927. The van der Waals surface area contributed by atoms with Gasteiger partial charge in [0.1, 0.15) is 15.6 Å². The van der Waals surface area contributed by atoms with Crippen molar-refractivity contribution in [2.24, 2.45) is 0 Å². The summed E-state index contributed by atoms with van der Waals surface area (Å²) in [6.07, 6.45) is 0. The first-order valence-electron chi connectivity index (χ1n) is 6.33. The van der Waals surface area contributed by atoms with Gasteiger partial charge in [0.15, 0.2) is 0 Å². The van der Waals surface area contributed by atoms with Gasteiger partial charge in [-0.05, 0) is 30.5 Å². The third-order valence-electron chi connectivity index (χ3n) is 2.98. The van der Waals surface area contributed by atoms with Crippen LogP contribution in [0, 0.1) is 6.92 Å². The summed E-state index contributed by atoms with van der Waals surface area (Å²) in [5, 5.41) is 9.97. The van der Waals surface area contributed by atoms with Gasteiger partial charge in [-0.3, -0.25) is 0 Å². The second-order valence-corrected chi connectivity index (χ2v) is 5.90. The molecule has 0 saturated heterocycles. The van der Waals surface area contributed by atoms with E-state index in [1.165, 1.54) is 11.3 Å². The molecule has 0 amide bonds. The van der Waals surface area contributed by atoms with Crippen LogP contribution in [0.25, 0.3) is 10.6 Å². The molecule has 1 aromatic carbocycles. The number of aromatic carboxylic acids is 1. The number of ether oxygens (including phenoxy) is 1. The van der Waals surface area contributed by atoms with Crippen LogP contribution in [0.4, 0.5) is 0 Å². The molecule has 106 valence electrons. The molecule has 20 heavy (non-hydrogen) atoms. The third-order valence-corrected chi connectivity index (χ3v) is 4.07. The Hall–Kier alpha value is -1.88. The molecular formula is C15H17NO3S. The lowest BCUT2D eigenvalue weighted by Gasteiger charge is -2.06. The number of hydrogen-bond donors (Lipinski definition) is 1. The van der Waals surface area contributed by atoms with Crippen LogP contribution in [-0.4, -0.2) is 23.2 Å². The van der Waals surface area contributed by atoms with Gasteiger partial charge < -0.3 is 9.84 Å². The lowest BCUT2D eigenvalue weighted by molar-refractivity contribution is 0.0700. The van der Waals surface area contributed by atoms with Crippen molar-refractivity contribution in [1.29, 1.82) is 0 Å². The van der Waals surface area contributed by atoms with Crippen molar-refractivity contribution in [3.05, 3.63) is 34.3 Å². The van der Waals surface area contributed by atoms with E-state index in [2.05, 4.69) is 4.98 Å². The fraction of sp³-hybridized carbons (Fsp3) is 0.333. The molecule has 0 radical (unpaired) electrons. The number of nitrogens with zero attached hydrogens (tertiary/aromatic N) is 1. The second kappa shape index (κ2) is 5.63. The van der Waals surface area contributed by atoms with Crippen LogP contribution in [0.5, 0.6) is 5.75 Å². The predicted octanol–water partition coefficient (Wildman–Crippen LogP) is 3.95. The van der Waals surface area contributed by atoms with Crippen molar-refractivity contribution in [3.8, 4) is 16.3 Å². The van der Waals surface area contributed by atoms with Gasteiger partial charge >= 0.3 is 5.97 Å². The molecule has 1 aromatic heterocycles. The second-order valence-electron chi connectivity index (χ2n) is 4.90. The zero-order valence-corrected chi connectivity index (χ0v) is 12.7. The summed E-state index contributed by atoms with van der Waals surface area (Å²) in [7, 11) is 1.60. The lowest BCUT2D eigenvalue weighted by atomic mass is 10.1. The van der Waals surface area contributed by atoms with Crippen LogP contribution in [0.2, 0.25) is 0 Å². The summed E-state index contributed by atoms with van der Waals surface area (Å²) in [5.74, 6) is -0.142. The normalized spacial score (nSPS) is 10.8. The van der Waals surface area contributed by atoms with Gasteiger partial charge in [-0.2, -0.15) is 0 Å². The average Bonchev–Trinajstić information content (AvgIpc) is 2.83. The Morgan fingerprint density at radius 3 is 2.60 bits per heavy atom. The molecule has 0 saturated carbocycles. The lowest BCUT2D eigenvalue weighted by Crippen LogP contribution is -2.00. The Labute approximate surface area is 122 Å². The fourth-order valence-electron chi connectivity index (χ4n) is 1.97. The summed E-state index contributed by atoms with van der Waals surface area (Å²) < 4.78 is 5.37. The van der Waals surface area contributed by atoms with Gasteiger partial charge in [-0.15, -0.1) is 11.3 Å². The van der Waals surface area contributed by atoms with Gasteiger partial charge in [0.2, 0.25) is 0 Å². The molecule has 2 aromatic rings. The Kier molecular flexibility index (Phi) is 4.09. The highest BCUT2D eigenvalue weighted by atomic mass is 32.1. The van der Waals surface area contributed by atoms with E-state index >= 15 is 0 Å². The number of carbonyl (C=O) groups is 1. The van der Waals surface area contributed by atoms with Gasteiger partial charge in [0.25, 0.3) is 0 Å². The van der Waals surface area contributed by atoms with E-state index < -0.39 is 5.97 Å². The largest absolute Gasteiger partial charge is 0.496 e. The Morgan fingerprint density at radius 2 is 2.10 bits per heavy atom. The maximum atomic E-state index is 11.3. The number of benzene rings is 1. The summed E-state index contributed by atoms with van der Waals surface area (Å²) in [6, 6.07) is 5.81. The van der Waals surface area contributed by atoms with Crippen molar-refractivity contribution in [2.75, 3.05) is 7.11 Å². The number of methoxy groups -OCH3 is 1. The molecule has 0 spiro atoms. The highest BCUT2D eigenvalue weighted by Crippen LogP contribution is 2.36. The van der Waals surface area contributed by atoms with Crippen molar-refractivity contribution >= 4 is 17.3 Å². The van der Waals surface area contributed by atoms with Crippen LogP contribution in [0.1, 0.15) is 40.7 Å². The molecule has 0 aliphatic carbocycles.